The zero-order chi connectivity index (χ0) is 16.5. The molecule has 0 atom stereocenters. The van der Waals surface area contributed by atoms with Gasteiger partial charge in [0.05, 0.1) is 0 Å². The zero-order valence-corrected chi connectivity index (χ0v) is 13.1. The molecule has 0 aliphatic rings. The SMILES string of the molecule is O=C(NCCC=Cc1nc(C(=O)O)cs1)OCc1ccccc1. The van der Waals surface area contributed by atoms with Crippen molar-refractivity contribution in [2.75, 3.05) is 6.54 Å². The van der Waals surface area contributed by atoms with Crippen LogP contribution >= 0.6 is 11.3 Å². The van der Waals surface area contributed by atoms with Crippen LogP contribution < -0.4 is 5.32 Å². The van der Waals surface area contributed by atoms with Gasteiger partial charge in [0.15, 0.2) is 5.69 Å². The van der Waals surface area contributed by atoms with Gasteiger partial charge in [-0.1, -0.05) is 36.4 Å². The van der Waals surface area contributed by atoms with Crippen molar-refractivity contribution in [1.29, 1.82) is 0 Å². The van der Waals surface area contributed by atoms with E-state index in [2.05, 4.69) is 10.3 Å². The molecule has 0 radical (unpaired) electrons. The minimum absolute atomic E-state index is 0.0391. The highest BCUT2D eigenvalue weighted by atomic mass is 32.1. The first kappa shape index (κ1) is 16.7. The molecule has 7 heteroatoms. The van der Waals surface area contributed by atoms with Crippen LogP contribution in [0.3, 0.4) is 0 Å². The van der Waals surface area contributed by atoms with E-state index in [0.29, 0.717) is 18.0 Å². The second-order valence-corrected chi connectivity index (χ2v) is 5.45. The molecule has 2 aromatic rings. The molecule has 0 unspecified atom stereocenters. The van der Waals surface area contributed by atoms with Gasteiger partial charge < -0.3 is 15.2 Å². The molecule has 1 aromatic heterocycles. The van der Waals surface area contributed by atoms with E-state index < -0.39 is 12.1 Å². The average Bonchev–Trinajstić information content (AvgIpc) is 3.03. The first-order chi connectivity index (χ1) is 11.1. The van der Waals surface area contributed by atoms with E-state index in [0.717, 1.165) is 5.56 Å². The van der Waals surface area contributed by atoms with Crippen LogP contribution in [0.5, 0.6) is 0 Å². The number of nitrogens with one attached hydrogen (secondary N) is 1. The molecular formula is C16H16N2O4S. The van der Waals surface area contributed by atoms with Crippen LogP contribution in [0.4, 0.5) is 4.79 Å². The van der Waals surface area contributed by atoms with Gasteiger partial charge in [-0.15, -0.1) is 11.3 Å². The smallest absolute Gasteiger partial charge is 0.407 e. The lowest BCUT2D eigenvalue weighted by atomic mass is 10.2. The van der Waals surface area contributed by atoms with E-state index in [1.165, 1.54) is 16.7 Å². The standard InChI is InChI=1S/C16H16N2O4S/c19-15(20)13-11-23-14(18-13)8-4-5-9-17-16(21)22-10-12-6-2-1-3-7-12/h1-4,6-8,11H,5,9-10H2,(H,17,21)(H,19,20). The third kappa shape index (κ3) is 5.91. The lowest BCUT2D eigenvalue weighted by molar-refractivity contribution is 0.0691. The first-order valence-corrected chi connectivity index (χ1v) is 7.83. The van der Waals surface area contributed by atoms with E-state index in [1.54, 1.807) is 6.08 Å². The monoisotopic (exact) mass is 332 g/mol. The molecule has 2 N–H and O–H groups in total. The topological polar surface area (TPSA) is 88.5 Å². The number of carboxylic acid groups (broad SMARTS) is 1. The molecule has 0 fully saturated rings. The summed E-state index contributed by atoms with van der Waals surface area (Å²) in [5.74, 6) is -1.04. The molecule has 1 amide bonds. The van der Waals surface area contributed by atoms with Crippen LogP contribution in [-0.4, -0.2) is 28.7 Å². The summed E-state index contributed by atoms with van der Waals surface area (Å²) in [6.45, 7) is 0.668. The van der Waals surface area contributed by atoms with Crippen molar-refractivity contribution in [3.8, 4) is 0 Å². The molecule has 120 valence electrons. The van der Waals surface area contributed by atoms with Gasteiger partial charge in [0, 0.05) is 11.9 Å². The number of carbonyl (C=O) groups is 2. The van der Waals surface area contributed by atoms with Crippen molar-refractivity contribution >= 4 is 29.5 Å². The molecule has 0 saturated heterocycles. The minimum atomic E-state index is -1.04. The number of benzene rings is 1. The van der Waals surface area contributed by atoms with E-state index >= 15 is 0 Å². The Balaban J connectivity index is 1.63. The Morgan fingerprint density at radius 1 is 1.30 bits per heavy atom. The molecule has 0 bridgehead atoms. The number of aromatic carboxylic acids is 1. The summed E-state index contributed by atoms with van der Waals surface area (Å²) >= 11 is 1.26. The Hall–Kier alpha value is -2.67. The third-order valence-electron chi connectivity index (χ3n) is 2.79. The fourth-order valence-electron chi connectivity index (χ4n) is 1.68. The van der Waals surface area contributed by atoms with Gasteiger partial charge in [0.25, 0.3) is 0 Å². The third-order valence-corrected chi connectivity index (χ3v) is 3.60. The molecule has 23 heavy (non-hydrogen) atoms. The number of aromatic nitrogens is 1. The van der Waals surface area contributed by atoms with Crippen molar-refractivity contribution in [3.63, 3.8) is 0 Å². The molecule has 0 saturated carbocycles. The fraction of sp³-hybridized carbons (Fsp3) is 0.188. The molecular weight excluding hydrogens is 316 g/mol. The molecule has 0 aliphatic heterocycles. The van der Waals surface area contributed by atoms with Crippen molar-refractivity contribution in [1.82, 2.24) is 10.3 Å². The number of carboxylic acids is 1. The van der Waals surface area contributed by atoms with Crippen LogP contribution in [0.25, 0.3) is 6.08 Å². The molecule has 1 heterocycles. The Bertz CT molecular complexity index is 682. The van der Waals surface area contributed by atoms with Crippen LogP contribution in [0.2, 0.25) is 0 Å². The Kier molecular flexibility index (Phi) is 6.31. The second kappa shape index (κ2) is 8.70. The van der Waals surface area contributed by atoms with Gasteiger partial charge >= 0.3 is 12.1 Å². The lowest BCUT2D eigenvalue weighted by Gasteiger charge is -2.05. The number of thiazole rings is 1. The highest BCUT2D eigenvalue weighted by Gasteiger charge is 2.06. The number of hydrogen-bond donors (Lipinski definition) is 2. The van der Waals surface area contributed by atoms with Gasteiger partial charge in [0.2, 0.25) is 0 Å². The Morgan fingerprint density at radius 3 is 2.78 bits per heavy atom. The van der Waals surface area contributed by atoms with E-state index in [1.807, 2.05) is 36.4 Å². The van der Waals surface area contributed by atoms with Crippen molar-refractivity contribution in [2.45, 2.75) is 13.0 Å². The Labute approximate surface area is 137 Å². The molecule has 6 nitrogen and oxygen atoms in total. The maximum absolute atomic E-state index is 11.5. The molecule has 1 aromatic carbocycles. The predicted molar refractivity (Wildman–Crippen MR) is 87.4 cm³/mol. The fourth-order valence-corrected chi connectivity index (χ4v) is 2.39. The number of nitrogens with zero attached hydrogens (tertiary/aromatic N) is 1. The maximum Gasteiger partial charge on any atom is 0.407 e. The molecule has 0 aliphatic carbocycles. The number of amides is 1. The van der Waals surface area contributed by atoms with Gasteiger partial charge in [-0.3, -0.25) is 0 Å². The van der Waals surface area contributed by atoms with Gasteiger partial charge in [-0.2, -0.15) is 0 Å². The zero-order valence-electron chi connectivity index (χ0n) is 12.3. The largest absolute Gasteiger partial charge is 0.476 e. The average molecular weight is 332 g/mol. The van der Waals surface area contributed by atoms with E-state index in [9.17, 15) is 9.59 Å². The second-order valence-electron chi connectivity index (χ2n) is 4.56. The van der Waals surface area contributed by atoms with Crippen LogP contribution in [0.1, 0.15) is 27.5 Å². The normalized spacial score (nSPS) is 10.6. The summed E-state index contributed by atoms with van der Waals surface area (Å²) in [7, 11) is 0. The van der Waals surface area contributed by atoms with Crippen LogP contribution in [-0.2, 0) is 11.3 Å². The number of ether oxygens (including phenoxy) is 1. The molecule has 0 spiro atoms. The number of carbonyl (C=O) groups excluding carboxylic acids is 1. The summed E-state index contributed by atoms with van der Waals surface area (Å²) in [5, 5.41) is 13.5. The number of hydrogen-bond acceptors (Lipinski definition) is 5. The summed E-state index contributed by atoms with van der Waals surface area (Å²) in [5.41, 5.74) is 0.970. The first-order valence-electron chi connectivity index (χ1n) is 6.95. The summed E-state index contributed by atoms with van der Waals surface area (Å²) in [4.78, 5) is 26.1. The highest BCUT2D eigenvalue weighted by molar-refractivity contribution is 7.10. The minimum Gasteiger partial charge on any atom is -0.476 e. The van der Waals surface area contributed by atoms with Gasteiger partial charge in [0.1, 0.15) is 11.6 Å². The van der Waals surface area contributed by atoms with E-state index in [4.69, 9.17) is 9.84 Å². The highest BCUT2D eigenvalue weighted by Crippen LogP contribution is 2.11. The van der Waals surface area contributed by atoms with E-state index in [-0.39, 0.29) is 12.3 Å². The van der Waals surface area contributed by atoms with Crippen LogP contribution in [0.15, 0.2) is 41.8 Å². The van der Waals surface area contributed by atoms with Crippen molar-refractivity contribution in [2.24, 2.45) is 0 Å². The Morgan fingerprint density at radius 2 is 2.09 bits per heavy atom. The van der Waals surface area contributed by atoms with Crippen molar-refractivity contribution in [3.05, 3.63) is 58.1 Å². The lowest BCUT2D eigenvalue weighted by Crippen LogP contribution is -2.24. The predicted octanol–water partition coefficient (Wildman–Crippen LogP) is 3.17. The quantitative estimate of drug-likeness (QED) is 0.760. The molecule has 2 rings (SSSR count). The number of rotatable bonds is 7. The summed E-state index contributed by atoms with van der Waals surface area (Å²) in [6.07, 6.45) is 3.68. The van der Waals surface area contributed by atoms with Gasteiger partial charge in [-0.05, 0) is 18.1 Å². The summed E-state index contributed by atoms with van der Waals surface area (Å²) < 4.78 is 5.07. The number of alkyl carbamates (subject to hydrolysis) is 1. The van der Waals surface area contributed by atoms with Gasteiger partial charge in [-0.25, -0.2) is 14.6 Å². The summed E-state index contributed by atoms with van der Waals surface area (Å²) in [6, 6.07) is 9.44. The maximum atomic E-state index is 11.5. The van der Waals surface area contributed by atoms with Crippen LogP contribution in [0, 0.1) is 0 Å². The van der Waals surface area contributed by atoms with Crippen molar-refractivity contribution < 1.29 is 19.4 Å².